The summed E-state index contributed by atoms with van der Waals surface area (Å²) in [5, 5.41) is 75.8. The molecule has 1 fully saturated rings. The van der Waals surface area contributed by atoms with Gasteiger partial charge in [0.05, 0.1) is 13.2 Å². The van der Waals surface area contributed by atoms with E-state index < -0.39 is 163 Å². The van der Waals surface area contributed by atoms with Crippen molar-refractivity contribution in [3.63, 3.8) is 0 Å². The summed E-state index contributed by atoms with van der Waals surface area (Å²) < 4.78 is 52.7. The molecule has 16 N–H and O–H groups in total. The summed E-state index contributed by atoms with van der Waals surface area (Å²) in [6, 6.07) is 8.77. The number of phosphoric ester groups is 2. The van der Waals surface area contributed by atoms with Gasteiger partial charge in [-0.1, -0.05) is 152 Å². The number of thiocarbonyl (C=S) groups is 1. The first kappa shape index (κ1) is 124. The second-order valence-electron chi connectivity index (χ2n) is 37.4. The topological polar surface area (TPSA) is 487 Å². The van der Waals surface area contributed by atoms with E-state index in [-0.39, 0.29) is 30.4 Å². The van der Waals surface area contributed by atoms with E-state index in [0.717, 1.165) is 151 Å². The third-order valence-electron chi connectivity index (χ3n) is 23.9. The van der Waals surface area contributed by atoms with Crippen LogP contribution < -0.4 is 52.8 Å². The smallest absolute Gasteiger partial charge is 0.480 e. The van der Waals surface area contributed by atoms with E-state index in [9.17, 15) is 87.6 Å². The Hall–Kier alpha value is -10.2. The second kappa shape index (κ2) is 66.0. The number of ether oxygens (including phenoxy) is 2. The predicted octanol–water partition coefficient (Wildman–Crippen LogP) is 17.9. The molecule has 13 atom stereocenters. The molecule has 0 aliphatic carbocycles. The third kappa shape index (κ3) is 50.4. The third-order valence-corrected chi connectivity index (χ3v) is 26.8. The van der Waals surface area contributed by atoms with Gasteiger partial charge in [0, 0.05) is 55.1 Å². The zero-order valence-corrected chi connectivity index (χ0v) is 89.0. The number of hydrogen-bond acceptors (Lipinski definition) is 21. The van der Waals surface area contributed by atoms with Crippen molar-refractivity contribution in [3.8, 4) is 0 Å². The first-order chi connectivity index (χ1) is 67.1. The normalized spacial score (nSPS) is 18.1. The molecule has 1 saturated heterocycles. The first-order valence-electron chi connectivity index (χ1n) is 49.1. The molecule has 7 amide bonds. The Labute approximate surface area is 845 Å². The Morgan fingerprint density at radius 1 is 0.472 bits per heavy atom. The molecule has 1 aliphatic heterocycles. The highest BCUT2D eigenvalue weighted by Crippen LogP contribution is 2.61. The lowest BCUT2D eigenvalue weighted by molar-refractivity contribution is -0.261. The van der Waals surface area contributed by atoms with Gasteiger partial charge in [-0.05, 0) is 319 Å². The van der Waals surface area contributed by atoms with Crippen molar-refractivity contribution in [1.82, 2.24) is 37.2 Å². The fourth-order valence-corrected chi connectivity index (χ4v) is 17.5. The van der Waals surface area contributed by atoms with Gasteiger partial charge in [0.25, 0.3) is 5.91 Å². The van der Waals surface area contributed by atoms with E-state index in [1.807, 2.05) is 56.3 Å². The molecule has 36 heteroatoms. The number of aliphatic hydroxyl groups is 3. The number of rotatable bonds is 65. The van der Waals surface area contributed by atoms with Crippen molar-refractivity contribution in [2.45, 2.75) is 338 Å². The number of nitrogens with one attached hydrogen (secondary N) is 9. The molecule has 0 aromatic heterocycles. The summed E-state index contributed by atoms with van der Waals surface area (Å²) >= 11 is 5.51. The molecule has 788 valence electrons. The highest BCUT2D eigenvalue weighted by Gasteiger charge is 2.52. The highest BCUT2D eigenvalue weighted by atomic mass is 32.1. The van der Waals surface area contributed by atoms with Crippen LogP contribution in [0.5, 0.6) is 0 Å². The fraction of sp³-hybridized carbons (Fsp3) is 0.547. The Morgan fingerprint density at radius 2 is 0.894 bits per heavy atom. The van der Waals surface area contributed by atoms with Gasteiger partial charge in [-0.2, -0.15) is 4.31 Å². The molecule has 0 saturated carbocycles. The number of benzene rings is 3. The Bertz CT molecular complexity index is 5110. The average molecular weight is 2040 g/mol. The summed E-state index contributed by atoms with van der Waals surface area (Å²) in [6.45, 7) is 28.1. The summed E-state index contributed by atoms with van der Waals surface area (Å²) in [5.74, 6) is -9.35. The lowest BCUT2D eigenvalue weighted by atomic mass is 9.96. The quantitative estimate of drug-likeness (QED) is 0.0108. The lowest BCUT2D eigenvalue weighted by Gasteiger charge is -2.44. The molecular formula is C106H160N10O23P2S. The van der Waals surface area contributed by atoms with E-state index in [0.29, 0.717) is 36.2 Å². The van der Waals surface area contributed by atoms with Crippen LogP contribution in [0.2, 0.25) is 0 Å². The van der Waals surface area contributed by atoms with Gasteiger partial charge in [-0.15, -0.1) is 0 Å². The highest BCUT2D eigenvalue weighted by molar-refractivity contribution is 7.80. The van der Waals surface area contributed by atoms with Crippen LogP contribution in [-0.4, -0.2) is 201 Å². The molecule has 142 heavy (non-hydrogen) atoms. The molecule has 3 aromatic carbocycles. The number of nitrogens with zero attached hydrogens (tertiary/aromatic N) is 1. The van der Waals surface area contributed by atoms with Gasteiger partial charge in [-0.25, -0.2) is 13.9 Å². The Kier molecular flexibility index (Phi) is 57.7. The molecule has 1 heterocycles. The number of aliphatic carboxylic acids is 2. The SMILES string of the molecule is CC(C)=CCC/C(C)=C/CC/C(C)=C/CC/C(C)=C\CC/C(C)=C\CC/C(C)=C\CC/C(C)=C\CC/C(C)=C\CC/C(C)=C\CC/C(C)=C\CC/C(C)=C\COP(=O)(O)OP(=O)(O)O[C@H]1O[C@H](CO)[C@@H](O)[C@H](O[C@H](C)C(=O)N[C@@H](C)C(=O)N[C@H](CCC(=O)N[C@@H](CCCCNC(=S)Nc2ccc(NC(=O)c3cccc4c(N(C)C)cccc34)cc2)C(=O)N[C@H](C)C(=O)N[C@H](C)C(=O)O)C(=O)O)[C@H]1NC(=O)CO. The van der Waals surface area contributed by atoms with Crippen molar-refractivity contribution in [3.05, 3.63) is 194 Å². The lowest BCUT2D eigenvalue weighted by Crippen LogP contribution is -2.66. The number of carbonyl (C=O) groups excluding carboxylic acids is 7. The minimum atomic E-state index is -5.85. The van der Waals surface area contributed by atoms with Gasteiger partial charge in [0.1, 0.15) is 67.3 Å². The van der Waals surface area contributed by atoms with E-state index in [2.05, 4.69) is 182 Å². The molecule has 33 nitrogen and oxygen atoms in total. The number of unbranched alkanes of at least 4 members (excludes halogenated alkanes) is 1. The number of anilines is 3. The molecule has 2 unspecified atom stereocenters. The summed E-state index contributed by atoms with van der Waals surface area (Å²) in [4.78, 5) is 141. The van der Waals surface area contributed by atoms with Crippen molar-refractivity contribution in [2.24, 2.45) is 0 Å². The van der Waals surface area contributed by atoms with E-state index in [1.54, 1.807) is 37.3 Å². The summed E-state index contributed by atoms with van der Waals surface area (Å²) in [5.41, 5.74) is 17.4. The largest absolute Gasteiger partial charge is 0.483 e. The number of carboxylic acids is 2. The zero-order valence-electron chi connectivity index (χ0n) is 86.4. The van der Waals surface area contributed by atoms with Gasteiger partial charge in [0.15, 0.2) is 11.4 Å². The summed E-state index contributed by atoms with van der Waals surface area (Å²) in [6.07, 6.45) is 34.6. The number of phosphoric acid groups is 2. The van der Waals surface area contributed by atoms with Gasteiger partial charge >= 0.3 is 27.6 Å². The minimum Gasteiger partial charge on any atom is -0.480 e. The second-order valence-corrected chi connectivity index (χ2v) is 40.8. The van der Waals surface area contributed by atoms with Crippen LogP contribution in [0.15, 0.2) is 189 Å². The van der Waals surface area contributed by atoms with E-state index in [1.165, 1.54) is 75.7 Å². The molecule has 0 spiro atoms. The van der Waals surface area contributed by atoms with Gasteiger partial charge < -0.3 is 97.5 Å². The number of amides is 7. The van der Waals surface area contributed by atoms with Crippen LogP contribution in [0.25, 0.3) is 10.8 Å². The van der Waals surface area contributed by atoms with Crippen LogP contribution >= 0.6 is 27.9 Å². The molecule has 0 radical (unpaired) electrons. The molecule has 0 bridgehead atoms. The van der Waals surface area contributed by atoms with Crippen LogP contribution in [0.3, 0.4) is 0 Å². The first-order valence-corrected chi connectivity index (χ1v) is 52.5. The number of carboxylic acid groups (broad SMARTS) is 2. The van der Waals surface area contributed by atoms with Crippen LogP contribution in [0.1, 0.15) is 282 Å². The minimum absolute atomic E-state index is 0.0435. The number of carbonyl (C=O) groups is 9. The zero-order chi connectivity index (χ0) is 106. The van der Waals surface area contributed by atoms with Gasteiger partial charge in [-0.3, -0.25) is 47.4 Å². The van der Waals surface area contributed by atoms with Crippen molar-refractivity contribution in [1.29, 1.82) is 0 Å². The maximum Gasteiger partial charge on any atom is 0.483 e. The van der Waals surface area contributed by atoms with Crippen LogP contribution in [0, 0.1) is 0 Å². The van der Waals surface area contributed by atoms with E-state index in [4.69, 9.17) is 30.7 Å². The van der Waals surface area contributed by atoms with E-state index >= 15 is 0 Å². The molecule has 4 rings (SSSR count). The monoisotopic (exact) mass is 2040 g/mol. The maximum atomic E-state index is 13.8. The number of aliphatic hydroxyl groups excluding tert-OH is 3. The fourth-order valence-electron chi connectivity index (χ4n) is 15.2. The Morgan fingerprint density at radius 3 is 1.33 bits per heavy atom. The van der Waals surface area contributed by atoms with Crippen molar-refractivity contribution >= 4 is 114 Å². The predicted molar refractivity (Wildman–Crippen MR) is 564 cm³/mol. The number of fused-ring (bicyclic) bond motifs is 1. The molecular weight excluding hydrogens is 1880 g/mol. The van der Waals surface area contributed by atoms with Crippen molar-refractivity contribution < 1.29 is 110 Å². The number of hydrogen-bond donors (Lipinski definition) is 16. The Balaban J connectivity index is 1.21. The summed E-state index contributed by atoms with van der Waals surface area (Å²) in [7, 11) is -7.47. The average Bonchev–Trinajstić information content (AvgIpc) is 0.762. The standard InChI is InChI=1S/C106H160N10O23P2S/c1-69(2)33-21-34-70(3)35-22-36-71(4)37-23-38-72(5)39-24-40-73(6)41-25-42-74(7)43-26-44-75(8)45-27-46-76(9)47-28-48-77(10)49-29-50-78(11)51-30-52-79(12)64-66-135-140(131,132)139-141(133,134)138-105-95(115-94(120)68-118)97(96(121)92(67-117)137-105)136-83(16)100(124)108-81(14)99(123)114-90(104(129)130)62-63-93(119)113-89(102(126)109-80(13)98(122)110-82(15)103(127)128)56-19-20-65-107-106(142)112-85-60-58-84(59-61-85)111-101(125)88-55-31-54-87-86(88)53-32-57-91(87)116(17)18/h31-33,35,37,39,41,43,45,47,49,51,53-55,57-61,64,80-83,89-90,92,95-97,105,117-118,121H,19-30,34,36,38,40,42,44,46,48,50,52,56,62-63,65-68H2,1-18H3,(H,108,124)(H,109,126)(H,110,122)(H,111,125)(H,113,119)(H,114,123)(H,115,120)(H,127,128)(H,129,130)(H,131,132)(H,133,134)(H2,107,112,142)/b70-35+,71-37+,72-39-,73-41-,74-43-,75-45-,76-47-,77-49-,78-51-,79-64-/t80-,81+,82-,83-,89+,90-,92-,95-,96-,97-,105-/m1/s1. The van der Waals surface area contributed by atoms with Crippen LogP contribution in [0.4, 0.5) is 17.1 Å². The maximum absolute atomic E-state index is 13.8. The van der Waals surface area contributed by atoms with Crippen LogP contribution in [-0.2, 0) is 70.3 Å². The number of allylic oxidation sites excluding steroid dienone is 21. The molecule has 3 aromatic rings. The van der Waals surface area contributed by atoms with Crippen molar-refractivity contribution in [2.75, 3.05) is 56.0 Å². The van der Waals surface area contributed by atoms with Gasteiger partial charge in [0.2, 0.25) is 35.4 Å². The molecule has 1 aliphatic rings.